The van der Waals surface area contributed by atoms with E-state index in [0.717, 1.165) is 25.7 Å². The van der Waals surface area contributed by atoms with Gasteiger partial charge in [-0.05, 0) is 36.8 Å². The number of aliphatic hydroxyl groups excluding tert-OH is 2. The average Bonchev–Trinajstić information content (AvgIpc) is 3.00. The first-order valence-corrected chi connectivity index (χ1v) is 9.64. The van der Waals surface area contributed by atoms with Crippen molar-refractivity contribution in [3.05, 3.63) is 29.2 Å². The van der Waals surface area contributed by atoms with Crippen molar-refractivity contribution in [1.29, 1.82) is 0 Å². The van der Waals surface area contributed by atoms with Crippen molar-refractivity contribution in [3.63, 3.8) is 0 Å². The Morgan fingerprint density at radius 2 is 1.83 bits per heavy atom. The summed E-state index contributed by atoms with van der Waals surface area (Å²) < 4.78 is 27.5. The lowest BCUT2D eigenvalue weighted by Crippen LogP contribution is -2.50. The van der Waals surface area contributed by atoms with Crippen LogP contribution in [0, 0.1) is 10.3 Å². The lowest BCUT2D eigenvalue weighted by molar-refractivity contribution is -0.505. The predicted octanol–water partition coefficient (Wildman–Crippen LogP) is 1.36. The molecule has 1 aromatic carbocycles. The predicted molar refractivity (Wildman–Crippen MR) is 87.1 cm³/mol. The lowest BCUT2D eigenvalue weighted by atomic mass is 9.78. The molecule has 24 heavy (non-hydrogen) atoms. The highest BCUT2D eigenvalue weighted by atomic mass is 32.2. The molecule has 0 aromatic heterocycles. The highest BCUT2D eigenvalue weighted by molar-refractivity contribution is 7.89. The topological polar surface area (TPSA) is 97.9 Å². The summed E-state index contributed by atoms with van der Waals surface area (Å²) in [5.74, 6) is 0. The maximum absolute atomic E-state index is 12.9. The van der Waals surface area contributed by atoms with Crippen LogP contribution in [0.25, 0.3) is 0 Å². The van der Waals surface area contributed by atoms with Gasteiger partial charge in [0.15, 0.2) is 0 Å². The lowest BCUT2D eigenvalue weighted by Gasteiger charge is -2.42. The number of nitrogens with zero attached hydrogens (tertiary/aromatic N) is 2. The monoisotopic (exact) mass is 355 g/mol. The van der Waals surface area contributed by atoms with Gasteiger partial charge >= 0.3 is 0 Å². The van der Waals surface area contributed by atoms with Crippen LogP contribution >= 0.6 is 0 Å². The molecule has 0 amide bonds. The van der Waals surface area contributed by atoms with Crippen LogP contribution in [0.1, 0.15) is 32.1 Å². The van der Waals surface area contributed by atoms with Crippen LogP contribution in [-0.4, -0.2) is 53.6 Å². The zero-order chi connectivity index (χ0) is 17.4. The van der Waals surface area contributed by atoms with Crippen LogP contribution in [0.4, 0.5) is 5.69 Å². The molecular formula is C16H23N2O5S+. The molecule has 2 N–H and O–H groups in total. The van der Waals surface area contributed by atoms with Crippen LogP contribution in [-0.2, 0) is 10.0 Å². The third kappa shape index (κ3) is 3.23. The Balaban J connectivity index is 1.85. The van der Waals surface area contributed by atoms with E-state index >= 15 is 0 Å². The Labute approximate surface area is 141 Å². The molecule has 1 spiro atoms. The molecule has 1 unspecified atom stereocenters. The number of β-amino-alcohol motifs (C(OH)–C–C–N with tert-alkyl or cyclic N) is 1. The van der Waals surface area contributed by atoms with E-state index in [-0.39, 0.29) is 22.5 Å². The molecule has 132 valence electrons. The molecule has 1 saturated heterocycles. The van der Waals surface area contributed by atoms with Gasteiger partial charge in [0.05, 0.1) is 15.8 Å². The van der Waals surface area contributed by atoms with E-state index in [1.54, 1.807) is 0 Å². The van der Waals surface area contributed by atoms with Crippen LogP contribution in [0.5, 0.6) is 0 Å². The summed E-state index contributed by atoms with van der Waals surface area (Å²) in [6, 6.07) is 5.49. The van der Waals surface area contributed by atoms with Crippen molar-refractivity contribution < 1.29 is 23.4 Å². The van der Waals surface area contributed by atoms with Crippen molar-refractivity contribution in [2.45, 2.75) is 43.1 Å². The fraction of sp³-hybridized carbons (Fsp3) is 0.625. The number of benzene rings is 1. The van der Waals surface area contributed by atoms with Gasteiger partial charge in [0.1, 0.15) is 0 Å². The van der Waals surface area contributed by atoms with E-state index in [1.807, 2.05) is 0 Å². The van der Waals surface area contributed by atoms with E-state index in [9.17, 15) is 18.4 Å². The maximum Gasteiger partial charge on any atom is 0.299 e. The molecule has 1 aliphatic carbocycles. The Morgan fingerprint density at radius 3 is 2.42 bits per heavy atom. The second kappa shape index (κ2) is 6.51. The van der Waals surface area contributed by atoms with Gasteiger partial charge in [0.2, 0.25) is 10.0 Å². The summed E-state index contributed by atoms with van der Waals surface area (Å²) in [6.45, 7) is -0.137. The zero-order valence-electron chi connectivity index (χ0n) is 13.5. The first-order valence-electron chi connectivity index (χ1n) is 8.20. The Morgan fingerprint density at radius 1 is 1.21 bits per heavy atom. The molecule has 2 fully saturated rings. The summed E-state index contributed by atoms with van der Waals surface area (Å²) in [7, 11) is -3.72. The van der Waals surface area contributed by atoms with Gasteiger partial charge in [-0.25, -0.2) is 8.42 Å². The normalized spacial score (nSPS) is 24.3. The molecule has 8 heteroatoms. The van der Waals surface area contributed by atoms with E-state index in [4.69, 9.17) is 5.11 Å². The van der Waals surface area contributed by atoms with Crippen LogP contribution in [0.2, 0.25) is 0 Å². The molecule has 0 radical (unpaired) electrons. The number of hydrogen-bond donors (Lipinski definition) is 2. The molecular weight excluding hydrogens is 332 g/mol. The molecule has 1 atom stereocenters. The molecule has 1 aromatic rings. The van der Waals surface area contributed by atoms with E-state index in [2.05, 4.69) is 0 Å². The summed E-state index contributed by atoms with van der Waals surface area (Å²) in [6.07, 6.45) is 4.09. The average molecular weight is 355 g/mol. The largest absolute Gasteiger partial charge is 0.392 e. The molecule has 1 saturated carbocycles. The van der Waals surface area contributed by atoms with Gasteiger partial charge in [-0.15, -0.1) is 0 Å². The molecule has 1 heterocycles. The van der Waals surface area contributed by atoms with Gasteiger partial charge in [0.25, 0.3) is 12.4 Å². The summed E-state index contributed by atoms with van der Waals surface area (Å²) in [4.78, 5) is 11.5. The van der Waals surface area contributed by atoms with Gasteiger partial charge in [0, 0.05) is 30.1 Å². The van der Waals surface area contributed by atoms with Gasteiger partial charge in [-0.3, -0.25) is 0 Å². The number of aliphatic hydroxyl groups is 2. The first kappa shape index (κ1) is 17.5. The standard InChI is InChI=1S/C16H23N2O5S/c19-12-18(21)13-3-5-15(6-4-13)24(22,23)17-10-14(20)9-16(11-17)7-1-2-8-16/h3-6,14,19-20H,1-2,7-12H2/q+1. The van der Waals surface area contributed by atoms with Crippen LogP contribution < -0.4 is 0 Å². The van der Waals surface area contributed by atoms with Crippen molar-refractivity contribution in [2.75, 3.05) is 19.8 Å². The second-order valence-corrected chi connectivity index (χ2v) is 8.81. The number of nitroso groups, excluding NO2 is 1. The quantitative estimate of drug-likeness (QED) is 0.628. The molecule has 2 aliphatic rings. The highest BCUT2D eigenvalue weighted by Crippen LogP contribution is 2.45. The fourth-order valence-electron chi connectivity index (χ4n) is 3.99. The molecule has 1 aliphatic heterocycles. The Kier molecular flexibility index (Phi) is 4.74. The number of rotatable bonds is 4. The third-order valence-corrected chi connectivity index (χ3v) is 6.98. The summed E-state index contributed by atoms with van der Waals surface area (Å²) in [5.41, 5.74) is 0.0929. The minimum Gasteiger partial charge on any atom is -0.392 e. The van der Waals surface area contributed by atoms with Gasteiger partial charge in [-0.2, -0.15) is 4.31 Å². The molecule has 7 nitrogen and oxygen atoms in total. The Bertz CT molecular complexity index is 710. The second-order valence-electron chi connectivity index (χ2n) is 6.88. The fourth-order valence-corrected chi connectivity index (χ4v) is 5.58. The maximum atomic E-state index is 12.9. The molecule has 3 rings (SSSR count). The number of sulfonamides is 1. The molecule has 0 bridgehead atoms. The first-order chi connectivity index (χ1) is 11.4. The van der Waals surface area contributed by atoms with Crippen LogP contribution in [0.15, 0.2) is 29.2 Å². The summed E-state index contributed by atoms with van der Waals surface area (Å²) in [5, 5.41) is 19.0. The van der Waals surface area contributed by atoms with Crippen molar-refractivity contribution in [2.24, 2.45) is 5.41 Å². The van der Waals surface area contributed by atoms with Gasteiger partial charge < -0.3 is 10.2 Å². The summed E-state index contributed by atoms with van der Waals surface area (Å²) >= 11 is 0. The smallest absolute Gasteiger partial charge is 0.299 e. The van der Waals surface area contributed by atoms with Gasteiger partial charge in [-0.1, -0.05) is 12.8 Å². The minimum atomic E-state index is -3.72. The van der Waals surface area contributed by atoms with E-state index < -0.39 is 22.9 Å². The van der Waals surface area contributed by atoms with Crippen molar-refractivity contribution >= 4 is 15.7 Å². The van der Waals surface area contributed by atoms with E-state index in [1.165, 1.54) is 28.6 Å². The van der Waals surface area contributed by atoms with E-state index in [0.29, 0.717) is 17.7 Å². The van der Waals surface area contributed by atoms with Crippen molar-refractivity contribution in [1.82, 2.24) is 4.31 Å². The number of hydrogen-bond acceptors (Lipinski definition) is 5. The number of piperidine rings is 1. The van der Waals surface area contributed by atoms with Crippen LogP contribution in [0.3, 0.4) is 0 Å². The Hall–Kier alpha value is -1.35. The third-order valence-electron chi connectivity index (χ3n) is 5.15. The zero-order valence-corrected chi connectivity index (χ0v) is 14.3. The van der Waals surface area contributed by atoms with Crippen molar-refractivity contribution in [3.8, 4) is 0 Å². The minimum absolute atomic E-state index is 0.0971. The SMILES string of the molecule is O=[N+](CO)c1ccc(S(=O)(=O)N2CC(O)CC3(CCCC3)C2)cc1. The highest BCUT2D eigenvalue weighted by Gasteiger charge is 2.44.